The smallest absolute Gasteiger partial charge is 0.212 e. The number of halogens is 2. The van der Waals surface area contributed by atoms with Crippen molar-refractivity contribution in [2.24, 2.45) is 5.10 Å². The zero-order valence-electron chi connectivity index (χ0n) is 16.8. The van der Waals surface area contributed by atoms with Crippen LogP contribution < -0.4 is 4.74 Å². The van der Waals surface area contributed by atoms with Crippen molar-refractivity contribution in [1.82, 2.24) is 14.9 Å². The summed E-state index contributed by atoms with van der Waals surface area (Å²) in [5.41, 5.74) is 2.89. The van der Waals surface area contributed by atoms with Crippen molar-refractivity contribution in [2.45, 2.75) is 18.0 Å². The van der Waals surface area contributed by atoms with Gasteiger partial charge in [-0.25, -0.2) is 0 Å². The average Bonchev–Trinajstić information content (AvgIpc) is 3.21. The van der Waals surface area contributed by atoms with E-state index >= 15 is 0 Å². The summed E-state index contributed by atoms with van der Waals surface area (Å²) in [5, 5.41) is 17.9. The molecule has 0 saturated carbocycles. The molecule has 1 unspecified atom stereocenters. The number of hydrogen-bond acceptors (Lipinski definition) is 5. The number of nitrogens with zero attached hydrogens (tertiary/aromatic N) is 4. The van der Waals surface area contributed by atoms with Crippen molar-refractivity contribution < 1.29 is 4.74 Å². The third-order valence-corrected chi connectivity index (χ3v) is 6.87. The van der Waals surface area contributed by atoms with Crippen LogP contribution >= 0.6 is 35.0 Å². The Morgan fingerprint density at radius 2 is 1.81 bits per heavy atom. The van der Waals surface area contributed by atoms with Crippen molar-refractivity contribution in [1.29, 1.82) is 0 Å². The minimum absolute atomic E-state index is 0.0112. The molecule has 3 aromatic carbocycles. The molecule has 0 spiro atoms. The van der Waals surface area contributed by atoms with Gasteiger partial charge < -0.3 is 4.74 Å². The van der Waals surface area contributed by atoms with Gasteiger partial charge >= 0.3 is 0 Å². The van der Waals surface area contributed by atoms with Crippen LogP contribution in [0.1, 0.15) is 29.8 Å². The zero-order valence-corrected chi connectivity index (χ0v) is 19.2. The van der Waals surface area contributed by atoms with E-state index < -0.39 is 0 Å². The van der Waals surface area contributed by atoms with Gasteiger partial charge in [-0.2, -0.15) is 9.78 Å². The predicted molar refractivity (Wildman–Crippen MR) is 127 cm³/mol. The first-order valence-corrected chi connectivity index (χ1v) is 11.5. The van der Waals surface area contributed by atoms with Crippen LogP contribution in [0.15, 0.2) is 64.9 Å². The number of aromatic nitrogens is 3. The number of fused-ring (bicyclic) bond motifs is 2. The van der Waals surface area contributed by atoms with Crippen molar-refractivity contribution in [2.75, 3.05) is 12.9 Å². The molecule has 8 heteroatoms. The summed E-state index contributed by atoms with van der Waals surface area (Å²) in [4.78, 5) is 0. The van der Waals surface area contributed by atoms with Crippen LogP contribution in [0.2, 0.25) is 10.0 Å². The third kappa shape index (κ3) is 3.80. The van der Waals surface area contributed by atoms with Gasteiger partial charge in [0.2, 0.25) is 5.16 Å². The maximum Gasteiger partial charge on any atom is 0.212 e. The van der Waals surface area contributed by atoms with E-state index in [9.17, 15) is 0 Å². The first-order chi connectivity index (χ1) is 15.0. The first kappa shape index (κ1) is 20.4. The molecule has 4 aromatic rings. The van der Waals surface area contributed by atoms with Gasteiger partial charge in [-0.15, -0.1) is 10.2 Å². The highest BCUT2D eigenvalue weighted by Crippen LogP contribution is 2.33. The molecule has 0 bridgehead atoms. The molecule has 1 atom stereocenters. The van der Waals surface area contributed by atoms with Gasteiger partial charge in [0.15, 0.2) is 5.82 Å². The van der Waals surface area contributed by atoms with Crippen molar-refractivity contribution in [3.8, 4) is 5.75 Å². The van der Waals surface area contributed by atoms with E-state index in [2.05, 4.69) is 41.4 Å². The maximum absolute atomic E-state index is 6.42. The second kappa shape index (κ2) is 8.19. The minimum Gasteiger partial charge on any atom is -0.497 e. The fourth-order valence-electron chi connectivity index (χ4n) is 3.66. The molecule has 0 N–H and O–H groups in total. The molecule has 156 valence electrons. The van der Waals surface area contributed by atoms with Gasteiger partial charge in [0.05, 0.1) is 17.8 Å². The molecule has 31 heavy (non-hydrogen) atoms. The number of methoxy groups -OCH3 is 1. The quantitative estimate of drug-likeness (QED) is 0.354. The van der Waals surface area contributed by atoms with E-state index in [4.69, 9.17) is 33.0 Å². The van der Waals surface area contributed by atoms with Crippen molar-refractivity contribution in [3.05, 3.63) is 81.6 Å². The molecule has 0 fully saturated rings. The second-order valence-electron chi connectivity index (χ2n) is 7.31. The molecule has 1 aromatic heterocycles. The van der Waals surface area contributed by atoms with Crippen molar-refractivity contribution >= 4 is 51.4 Å². The monoisotopic (exact) mass is 468 g/mol. The second-order valence-corrected chi connectivity index (χ2v) is 9.09. The average molecular weight is 469 g/mol. The molecule has 0 radical (unpaired) electrons. The SMILES string of the molecule is COc1ccc2cc(C(C)c3nnc4n3N=C(c3ccc(Cl)cc3Cl)CS4)ccc2c1. The van der Waals surface area contributed by atoms with Crippen molar-refractivity contribution in [3.63, 3.8) is 0 Å². The summed E-state index contributed by atoms with van der Waals surface area (Å²) in [6, 6.07) is 17.9. The summed E-state index contributed by atoms with van der Waals surface area (Å²) in [7, 11) is 1.68. The van der Waals surface area contributed by atoms with E-state index in [0.29, 0.717) is 15.8 Å². The fourth-order valence-corrected chi connectivity index (χ4v) is 5.01. The van der Waals surface area contributed by atoms with Gasteiger partial charge in [-0.1, -0.05) is 72.2 Å². The van der Waals surface area contributed by atoms with Gasteiger partial charge in [-0.05, 0) is 40.6 Å². The Morgan fingerprint density at radius 1 is 1.00 bits per heavy atom. The Hall–Kier alpha value is -2.54. The zero-order chi connectivity index (χ0) is 21.5. The van der Waals surface area contributed by atoms with Crippen LogP contribution in [-0.4, -0.2) is 33.4 Å². The van der Waals surface area contributed by atoms with Gasteiger partial charge in [0.1, 0.15) is 5.75 Å². The number of thioether (sulfide) groups is 1. The minimum atomic E-state index is 0.0112. The Kier molecular flexibility index (Phi) is 5.38. The highest BCUT2D eigenvalue weighted by atomic mass is 35.5. The Bertz CT molecular complexity index is 1330. The van der Waals surface area contributed by atoms with Gasteiger partial charge in [0, 0.05) is 22.3 Å². The van der Waals surface area contributed by atoms with E-state index in [0.717, 1.165) is 44.3 Å². The molecular weight excluding hydrogens is 451 g/mol. The molecule has 1 aliphatic heterocycles. The van der Waals surface area contributed by atoms with Gasteiger partial charge in [0.25, 0.3) is 0 Å². The molecule has 5 rings (SSSR count). The summed E-state index contributed by atoms with van der Waals surface area (Å²) in [5.74, 6) is 2.32. The van der Waals surface area contributed by atoms with Crippen LogP contribution in [0.25, 0.3) is 10.8 Å². The lowest BCUT2D eigenvalue weighted by Crippen LogP contribution is -2.16. The number of rotatable bonds is 4. The Morgan fingerprint density at radius 3 is 2.61 bits per heavy atom. The van der Waals surface area contributed by atoms with Gasteiger partial charge in [-0.3, -0.25) is 0 Å². The summed E-state index contributed by atoms with van der Waals surface area (Å²) in [6.45, 7) is 2.12. The topological polar surface area (TPSA) is 52.3 Å². The van der Waals surface area contributed by atoms with E-state index in [1.54, 1.807) is 24.9 Å². The molecular formula is C23H18Cl2N4OS. The molecule has 2 heterocycles. The summed E-state index contributed by atoms with van der Waals surface area (Å²) in [6.07, 6.45) is 0. The lowest BCUT2D eigenvalue weighted by atomic mass is 9.97. The summed E-state index contributed by atoms with van der Waals surface area (Å²) < 4.78 is 7.16. The van der Waals surface area contributed by atoms with Crippen LogP contribution in [0.5, 0.6) is 5.75 Å². The molecule has 0 aliphatic carbocycles. The predicted octanol–water partition coefficient (Wildman–Crippen LogP) is 6.26. The Labute approximate surface area is 194 Å². The highest BCUT2D eigenvalue weighted by molar-refractivity contribution is 7.99. The molecule has 1 aliphatic rings. The number of benzene rings is 3. The normalized spacial score (nSPS) is 14.3. The lowest BCUT2D eigenvalue weighted by Gasteiger charge is -2.17. The van der Waals surface area contributed by atoms with E-state index in [1.807, 2.05) is 28.9 Å². The summed E-state index contributed by atoms with van der Waals surface area (Å²) >= 11 is 14.1. The number of hydrogen-bond donors (Lipinski definition) is 0. The fraction of sp³-hybridized carbons (Fsp3) is 0.174. The Balaban J connectivity index is 1.52. The van der Waals surface area contributed by atoms with E-state index in [-0.39, 0.29) is 5.92 Å². The third-order valence-electron chi connectivity index (χ3n) is 5.40. The largest absolute Gasteiger partial charge is 0.497 e. The molecule has 0 amide bonds. The lowest BCUT2D eigenvalue weighted by molar-refractivity contribution is 0.415. The standard InChI is InChI=1S/C23H18Cl2N4OS/c1-13(14-3-4-16-10-18(30-2)7-5-15(16)9-14)22-26-27-23-29(22)28-21(12-31-23)19-8-6-17(24)11-20(19)25/h3-11,13H,12H2,1-2H3. The van der Waals surface area contributed by atoms with Crippen LogP contribution in [0, 0.1) is 0 Å². The molecule has 5 nitrogen and oxygen atoms in total. The molecule has 0 saturated heterocycles. The van der Waals surface area contributed by atoms with E-state index in [1.165, 1.54) is 0 Å². The van der Waals surface area contributed by atoms with Crippen LogP contribution in [0.3, 0.4) is 0 Å². The van der Waals surface area contributed by atoms with Crippen LogP contribution in [-0.2, 0) is 0 Å². The highest BCUT2D eigenvalue weighted by Gasteiger charge is 2.24. The first-order valence-electron chi connectivity index (χ1n) is 9.72. The van der Waals surface area contributed by atoms with Crippen LogP contribution in [0.4, 0.5) is 0 Å². The number of ether oxygens (including phenoxy) is 1. The maximum atomic E-state index is 6.42.